The van der Waals surface area contributed by atoms with Crippen molar-refractivity contribution in [2.24, 2.45) is 14.1 Å². The fourth-order valence-electron chi connectivity index (χ4n) is 1.93. The van der Waals surface area contributed by atoms with Crippen molar-refractivity contribution in [3.63, 3.8) is 0 Å². The largest absolute Gasteiger partial charge is 1.00 e. The van der Waals surface area contributed by atoms with Gasteiger partial charge in [-0.25, -0.2) is 18.3 Å². The fourth-order valence-corrected chi connectivity index (χ4v) is 1.93. The van der Waals surface area contributed by atoms with Gasteiger partial charge in [0.05, 0.1) is 40.5 Å². The van der Waals surface area contributed by atoms with Gasteiger partial charge >= 0.3 is 0 Å². The Morgan fingerprint density at radius 3 is 1.45 bits per heavy atom. The summed E-state index contributed by atoms with van der Waals surface area (Å²) >= 11 is 0. The average molecular weight is 440 g/mol. The molecule has 126 valence electrons. The lowest BCUT2D eigenvalue weighted by Gasteiger charge is -2.03. The normalized spacial score (nSPS) is 10.1. The van der Waals surface area contributed by atoms with E-state index in [1.54, 1.807) is 0 Å². The van der Waals surface area contributed by atoms with Crippen LogP contribution >= 0.6 is 0 Å². The first-order valence-corrected chi connectivity index (χ1v) is 6.91. The first kappa shape index (κ1) is 21.3. The van der Waals surface area contributed by atoms with Gasteiger partial charge in [-0.05, 0) is 0 Å². The Kier molecular flexibility index (Phi) is 11.4. The molecule has 0 saturated carbocycles. The summed E-state index contributed by atoms with van der Waals surface area (Å²) in [6.45, 7) is 4.47. The lowest BCUT2D eigenvalue weighted by Crippen LogP contribution is -3.00. The summed E-state index contributed by atoms with van der Waals surface area (Å²) in [5.74, 6) is 0. The van der Waals surface area contributed by atoms with Crippen molar-refractivity contribution < 1.29 is 52.6 Å². The Hall–Kier alpha value is -0.700. The summed E-state index contributed by atoms with van der Waals surface area (Å²) in [4.78, 5) is 0. The highest BCUT2D eigenvalue weighted by Crippen LogP contribution is 1.88. The van der Waals surface area contributed by atoms with Crippen LogP contribution in [-0.4, -0.2) is 35.6 Å². The minimum Gasteiger partial charge on any atom is -1.00 e. The SMILES string of the molecule is C[n+]1ccn(CCOCCOCCn2cc[n+](C)c2)c1.[Br-].[Br-]. The zero-order chi connectivity index (χ0) is 14.2. The van der Waals surface area contributed by atoms with Crippen LogP contribution in [0.3, 0.4) is 0 Å². The van der Waals surface area contributed by atoms with Crippen molar-refractivity contribution in [1.82, 2.24) is 9.13 Å². The van der Waals surface area contributed by atoms with Crippen molar-refractivity contribution in [1.29, 1.82) is 0 Å². The molecule has 0 atom stereocenters. The van der Waals surface area contributed by atoms with E-state index in [0.29, 0.717) is 26.4 Å². The number of halogens is 2. The van der Waals surface area contributed by atoms with Crippen LogP contribution in [-0.2, 0) is 36.7 Å². The van der Waals surface area contributed by atoms with E-state index in [0.717, 1.165) is 13.1 Å². The van der Waals surface area contributed by atoms with Crippen LogP contribution in [0.5, 0.6) is 0 Å². The molecular formula is C14H24Br2N4O2. The number of hydrogen-bond donors (Lipinski definition) is 0. The van der Waals surface area contributed by atoms with Gasteiger partial charge in [-0.1, -0.05) is 0 Å². The molecule has 0 unspecified atom stereocenters. The van der Waals surface area contributed by atoms with Crippen molar-refractivity contribution in [3.05, 3.63) is 37.4 Å². The standard InChI is InChI=1S/C14H24N4O2.2BrH/c1-15-3-5-17(13-15)7-9-19-11-12-20-10-8-18-6-4-16(2)14-18;;/h3-6,13-14H,7-12H2,1-2H3;2*1H/q+2;;/p-2. The van der Waals surface area contributed by atoms with Gasteiger partial charge in [0, 0.05) is 0 Å². The lowest BCUT2D eigenvalue weighted by atomic mass is 10.6. The Labute approximate surface area is 152 Å². The smallest absolute Gasteiger partial charge is 0.243 e. The number of hydrogen-bond acceptors (Lipinski definition) is 2. The number of nitrogens with zero attached hydrogens (tertiary/aromatic N) is 4. The number of aryl methyl sites for hydroxylation is 2. The first-order chi connectivity index (χ1) is 9.74. The molecule has 0 amide bonds. The minimum absolute atomic E-state index is 0. The maximum atomic E-state index is 5.54. The Balaban J connectivity index is 0.00000220. The van der Waals surface area contributed by atoms with Crippen LogP contribution in [0.2, 0.25) is 0 Å². The van der Waals surface area contributed by atoms with Crippen LogP contribution in [0.15, 0.2) is 37.4 Å². The fraction of sp³-hybridized carbons (Fsp3) is 0.571. The van der Waals surface area contributed by atoms with E-state index in [1.165, 1.54) is 0 Å². The van der Waals surface area contributed by atoms with Crippen LogP contribution in [0, 0.1) is 0 Å². The second-order valence-corrected chi connectivity index (χ2v) is 4.86. The lowest BCUT2D eigenvalue weighted by molar-refractivity contribution is -0.671. The molecule has 2 aromatic heterocycles. The van der Waals surface area contributed by atoms with Gasteiger partial charge in [0.1, 0.15) is 37.9 Å². The third-order valence-electron chi connectivity index (χ3n) is 3.01. The van der Waals surface area contributed by atoms with Gasteiger partial charge in [-0.15, -0.1) is 0 Å². The van der Waals surface area contributed by atoms with Crippen LogP contribution < -0.4 is 43.1 Å². The molecule has 22 heavy (non-hydrogen) atoms. The predicted octanol–water partition coefficient (Wildman–Crippen LogP) is -6.32. The number of imidazole rings is 2. The highest BCUT2D eigenvalue weighted by molar-refractivity contribution is 4.66. The summed E-state index contributed by atoms with van der Waals surface area (Å²) in [7, 11) is 4.02. The maximum Gasteiger partial charge on any atom is 0.243 e. The Morgan fingerprint density at radius 1 is 0.727 bits per heavy atom. The Bertz CT molecular complexity index is 470. The maximum absolute atomic E-state index is 5.54. The zero-order valence-electron chi connectivity index (χ0n) is 13.1. The Morgan fingerprint density at radius 2 is 1.14 bits per heavy atom. The molecule has 0 fully saturated rings. The van der Waals surface area contributed by atoms with Gasteiger partial charge in [-0.2, -0.15) is 0 Å². The van der Waals surface area contributed by atoms with Gasteiger partial charge in [0.2, 0.25) is 12.7 Å². The third kappa shape index (κ3) is 8.07. The molecule has 2 heterocycles. The molecule has 0 radical (unpaired) electrons. The molecule has 0 saturated heterocycles. The van der Waals surface area contributed by atoms with E-state index in [2.05, 4.69) is 9.13 Å². The van der Waals surface area contributed by atoms with E-state index in [4.69, 9.17) is 9.47 Å². The molecule has 2 rings (SSSR count). The number of rotatable bonds is 9. The summed E-state index contributed by atoms with van der Waals surface area (Å²) in [6, 6.07) is 0. The molecule has 2 aromatic rings. The van der Waals surface area contributed by atoms with Crippen LogP contribution in [0.1, 0.15) is 0 Å². The molecule has 0 aliphatic heterocycles. The quantitative estimate of drug-likeness (QED) is 0.288. The van der Waals surface area contributed by atoms with Gasteiger partial charge in [-0.3, -0.25) is 0 Å². The summed E-state index contributed by atoms with van der Waals surface area (Å²) < 4.78 is 19.3. The monoisotopic (exact) mass is 438 g/mol. The van der Waals surface area contributed by atoms with E-state index >= 15 is 0 Å². The second kappa shape index (κ2) is 11.8. The summed E-state index contributed by atoms with van der Waals surface area (Å²) in [6.07, 6.45) is 12.2. The number of aromatic nitrogens is 4. The van der Waals surface area contributed by atoms with Gasteiger partial charge in [0.15, 0.2) is 0 Å². The van der Waals surface area contributed by atoms with Gasteiger partial charge in [0.25, 0.3) is 0 Å². The van der Waals surface area contributed by atoms with Crippen molar-refractivity contribution in [2.75, 3.05) is 26.4 Å². The summed E-state index contributed by atoms with van der Waals surface area (Å²) in [5, 5.41) is 0. The van der Waals surface area contributed by atoms with E-state index < -0.39 is 0 Å². The van der Waals surface area contributed by atoms with Crippen LogP contribution in [0.25, 0.3) is 0 Å². The van der Waals surface area contributed by atoms with E-state index in [-0.39, 0.29) is 34.0 Å². The topological polar surface area (TPSA) is 36.1 Å². The van der Waals surface area contributed by atoms with E-state index in [9.17, 15) is 0 Å². The molecular weight excluding hydrogens is 416 g/mol. The van der Waals surface area contributed by atoms with Crippen LogP contribution in [0.4, 0.5) is 0 Å². The first-order valence-electron chi connectivity index (χ1n) is 6.91. The molecule has 0 bridgehead atoms. The van der Waals surface area contributed by atoms with E-state index in [1.807, 2.05) is 60.7 Å². The molecule has 0 N–H and O–H groups in total. The zero-order valence-corrected chi connectivity index (χ0v) is 16.2. The van der Waals surface area contributed by atoms with Crippen molar-refractivity contribution in [3.8, 4) is 0 Å². The van der Waals surface area contributed by atoms with Crippen molar-refractivity contribution >= 4 is 0 Å². The molecule has 0 spiro atoms. The number of ether oxygens (including phenoxy) is 2. The molecule has 0 aliphatic carbocycles. The van der Waals surface area contributed by atoms with Gasteiger partial charge < -0.3 is 43.4 Å². The molecule has 8 heteroatoms. The predicted molar refractivity (Wildman–Crippen MR) is 72.9 cm³/mol. The minimum atomic E-state index is 0. The second-order valence-electron chi connectivity index (χ2n) is 4.86. The highest BCUT2D eigenvalue weighted by atomic mass is 79.9. The summed E-state index contributed by atoms with van der Waals surface area (Å²) in [5.41, 5.74) is 0. The highest BCUT2D eigenvalue weighted by Gasteiger charge is 2.00. The average Bonchev–Trinajstić information content (AvgIpc) is 3.02. The third-order valence-corrected chi connectivity index (χ3v) is 3.01. The molecule has 6 nitrogen and oxygen atoms in total. The molecule has 0 aliphatic rings. The van der Waals surface area contributed by atoms with Crippen molar-refractivity contribution in [2.45, 2.75) is 13.1 Å². The molecule has 0 aromatic carbocycles.